The number of aromatic nitrogens is 2. The Morgan fingerprint density at radius 1 is 1.11 bits per heavy atom. The zero-order valence-corrected chi connectivity index (χ0v) is 15.5. The summed E-state index contributed by atoms with van der Waals surface area (Å²) in [7, 11) is 0. The minimum atomic E-state index is 0.326. The summed E-state index contributed by atoms with van der Waals surface area (Å²) in [5.41, 5.74) is 1.36. The van der Waals surface area contributed by atoms with Gasteiger partial charge in [-0.1, -0.05) is 11.2 Å². The molecule has 0 saturated carbocycles. The van der Waals surface area contributed by atoms with E-state index >= 15 is 0 Å². The molecule has 6 heterocycles. The first-order valence-corrected chi connectivity index (χ1v) is 9.93. The lowest BCUT2D eigenvalue weighted by molar-refractivity contribution is -0.00943. The van der Waals surface area contributed by atoms with Crippen LogP contribution in [0.4, 0.5) is 0 Å². The van der Waals surface area contributed by atoms with Crippen LogP contribution < -0.4 is 9.47 Å². The van der Waals surface area contributed by atoms with Crippen LogP contribution in [-0.2, 0) is 6.54 Å². The van der Waals surface area contributed by atoms with Crippen molar-refractivity contribution in [1.82, 2.24) is 19.9 Å². The zero-order valence-electron chi connectivity index (χ0n) is 15.5. The van der Waals surface area contributed by atoms with Crippen molar-refractivity contribution < 1.29 is 14.0 Å². The van der Waals surface area contributed by atoms with Crippen LogP contribution in [0.1, 0.15) is 36.0 Å². The Morgan fingerprint density at radius 2 is 1.96 bits per heavy atom. The van der Waals surface area contributed by atoms with Crippen LogP contribution in [0.3, 0.4) is 0 Å². The second kappa shape index (κ2) is 5.94. The molecule has 5 aliphatic rings. The molecule has 2 aromatic rings. The predicted molar refractivity (Wildman–Crippen MR) is 96.6 cm³/mol. The van der Waals surface area contributed by atoms with Crippen molar-refractivity contribution in [2.75, 3.05) is 26.4 Å². The highest BCUT2D eigenvalue weighted by atomic mass is 16.7. The smallest absolute Gasteiger partial charge is 0.231 e. The van der Waals surface area contributed by atoms with Crippen LogP contribution in [0.15, 0.2) is 22.7 Å². The lowest BCUT2D eigenvalue weighted by Crippen LogP contribution is -2.60. The van der Waals surface area contributed by atoms with Crippen molar-refractivity contribution in [3.63, 3.8) is 0 Å². The second-order valence-corrected chi connectivity index (χ2v) is 8.23. The summed E-state index contributed by atoms with van der Waals surface area (Å²) in [5, 5.41) is 4.15. The van der Waals surface area contributed by atoms with Crippen LogP contribution in [0.25, 0.3) is 0 Å². The van der Waals surface area contributed by atoms with Crippen molar-refractivity contribution in [3.8, 4) is 11.5 Å². The molecule has 0 N–H and O–H groups in total. The first-order valence-electron chi connectivity index (χ1n) is 9.93. The third kappa shape index (κ3) is 2.48. The fourth-order valence-electron chi connectivity index (χ4n) is 5.75. The van der Waals surface area contributed by atoms with Gasteiger partial charge in [-0.2, -0.15) is 4.98 Å². The molecule has 7 rings (SSSR count). The van der Waals surface area contributed by atoms with Gasteiger partial charge >= 0.3 is 0 Å². The summed E-state index contributed by atoms with van der Waals surface area (Å²) in [4.78, 5) is 9.76. The van der Waals surface area contributed by atoms with Gasteiger partial charge < -0.3 is 14.0 Å². The van der Waals surface area contributed by atoms with E-state index in [2.05, 4.69) is 38.1 Å². The molecular formula is C20H24N4O3. The van der Waals surface area contributed by atoms with E-state index in [-0.39, 0.29) is 0 Å². The van der Waals surface area contributed by atoms with E-state index < -0.39 is 0 Å². The van der Waals surface area contributed by atoms with Crippen LogP contribution >= 0.6 is 0 Å². The van der Waals surface area contributed by atoms with Crippen molar-refractivity contribution in [2.45, 2.75) is 44.3 Å². The number of rotatable bonds is 3. The Morgan fingerprint density at radius 3 is 2.78 bits per heavy atom. The fourth-order valence-corrected chi connectivity index (χ4v) is 5.75. The third-order valence-electron chi connectivity index (χ3n) is 6.83. The monoisotopic (exact) mass is 368 g/mol. The number of likely N-dealkylation sites (tertiary alicyclic amines) is 1. The van der Waals surface area contributed by atoms with E-state index in [9.17, 15) is 0 Å². The van der Waals surface area contributed by atoms with Gasteiger partial charge in [-0.25, -0.2) is 0 Å². The first-order chi connectivity index (χ1) is 13.3. The molecule has 3 atom stereocenters. The molecular weight excluding hydrogens is 344 g/mol. The van der Waals surface area contributed by atoms with Crippen molar-refractivity contribution in [3.05, 3.63) is 35.5 Å². The molecule has 142 valence electrons. The van der Waals surface area contributed by atoms with Crippen LogP contribution in [0, 0.1) is 12.8 Å². The first kappa shape index (κ1) is 15.9. The highest BCUT2D eigenvalue weighted by Crippen LogP contribution is 2.48. The second-order valence-electron chi connectivity index (χ2n) is 8.23. The van der Waals surface area contributed by atoms with Gasteiger partial charge in [-0.3, -0.25) is 9.80 Å². The summed E-state index contributed by atoms with van der Waals surface area (Å²) < 4.78 is 16.4. The van der Waals surface area contributed by atoms with Gasteiger partial charge in [0.15, 0.2) is 17.3 Å². The molecule has 4 fully saturated rings. The molecule has 1 aromatic carbocycles. The average molecular weight is 368 g/mol. The van der Waals surface area contributed by atoms with Crippen LogP contribution in [0.5, 0.6) is 11.5 Å². The maximum atomic E-state index is 5.64. The van der Waals surface area contributed by atoms with Gasteiger partial charge in [0.05, 0.1) is 6.54 Å². The van der Waals surface area contributed by atoms with E-state index in [1.807, 2.05) is 6.92 Å². The third-order valence-corrected chi connectivity index (χ3v) is 6.83. The molecule has 0 aliphatic carbocycles. The van der Waals surface area contributed by atoms with Crippen LogP contribution in [-0.4, -0.2) is 58.5 Å². The van der Waals surface area contributed by atoms with Crippen molar-refractivity contribution in [1.29, 1.82) is 0 Å². The minimum absolute atomic E-state index is 0.326. The zero-order chi connectivity index (χ0) is 18.0. The van der Waals surface area contributed by atoms with Gasteiger partial charge in [0.1, 0.15) is 0 Å². The Labute approximate surface area is 158 Å². The highest BCUT2D eigenvalue weighted by molar-refractivity contribution is 5.46. The van der Waals surface area contributed by atoms with Gasteiger partial charge in [0, 0.05) is 31.5 Å². The number of nitrogens with zero attached hydrogens (tertiary/aromatic N) is 4. The average Bonchev–Trinajstić information content (AvgIpc) is 3.42. The van der Waals surface area contributed by atoms with Crippen molar-refractivity contribution in [2.24, 2.45) is 5.92 Å². The normalized spacial score (nSPS) is 34.2. The standard InChI is InChI=1S/C20H24N4O3/c1-12-21-18(22-27-12)10-24-9-15(14-2-3-16-17(8-14)26-11-25-16)20-19(24)13-4-6-23(20)7-5-13/h2-3,8,13,15,19-20H,4-7,9-11H2,1H3/t15-,19+,20+/m1/s1. The summed E-state index contributed by atoms with van der Waals surface area (Å²) in [6, 6.07) is 7.61. The topological polar surface area (TPSA) is 63.9 Å². The van der Waals surface area contributed by atoms with E-state index in [1.54, 1.807) is 0 Å². The lowest BCUT2D eigenvalue weighted by atomic mass is 9.75. The van der Waals surface area contributed by atoms with Gasteiger partial charge in [-0.15, -0.1) is 0 Å². The highest BCUT2D eigenvalue weighted by Gasteiger charge is 2.53. The Hall–Kier alpha value is -2.12. The van der Waals surface area contributed by atoms with Crippen molar-refractivity contribution >= 4 is 0 Å². The molecule has 0 radical (unpaired) electrons. The summed E-state index contributed by atoms with van der Waals surface area (Å²) in [6.07, 6.45) is 2.60. The van der Waals surface area contributed by atoms with E-state index in [0.717, 1.165) is 36.3 Å². The Kier molecular flexibility index (Phi) is 3.50. The molecule has 0 spiro atoms. The van der Waals surface area contributed by atoms with E-state index in [1.165, 1.54) is 31.5 Å². The number of piperidine rings is 3. The molecule has 5 aliphatic heterocycles. The Bertz CT molecular complexity index is 861. The van der Waals surface area contributed by atoms with Crippen LogP contribution in [0.2, 0.25) is 0 Å². The summed E-state index contributed by atoms with van der Waals surface area (Å²) >= 11 is 0. The number of ether oxygens (including phenoxy) is 2. The minimum Gasteiger partial charge on any atom is -0.454 e. The summed E-state index contributed by atoms with van der Waals surface area (Å²) in [6.45, 7) is 6.42. The molecule has 27 heavy (non-hydrogen) atoms. The van der Waals surface area contributed by atoms with E-state index in [0.29, 0.717) is 30.7 Å². The molecule has 4 saturated heterocycles. The molecule has 7 nitrogen and oxygen atoms in total. The number of benzene rings is 1. The molecule has 1 aromatic heterocycles. The molecule has 0 amide bonds. The van der Waals surface area contributed by atoms with Gasteiger partial charge in [0.25, 0.3) is 0 Å². The Balaban J connectivity index is 1.34. The maximum absolute atomic E-state index is 5.64. The van der Waals surface area contributed by atoms with Gasteiger partial charge in [0.2, 0.25) is 12.7 Å². The largest absolute Gasteiger partial charge is 0.454 e. The quantitative estimate of drug-likeness (QED) is 0.823. The molecule has 0 unspecified atom stereocenters. The SMILES string of the molecule is Cc1nc(CN2C[C@H](c3ccc4c(c3)OCO4)[C@H]3[C@@H]2C2CCN3CC2)no1. The lowest BCUT2D eigenvalue weighted by Gasteiger charge is -2.51. The maximum Gasteiger partial charge on any atom is 0.231 e. The number of aryl methyl sites for hydroxylation is 1. The summed E-state index contributed by atoms with van der Waals surface area (Å²) in [5.74, 6) is 4.42. The van der Waals surface area contributed by atoms with Gasteiger partial charge in [-0.05, 0) is 49.5 Å². The predicted octanol–water partition coefficient (Wildman–Crippen LogP) is 2.17. The molecule has 2 bridgehead atoms. The molecule has 7 heteroatoms. The number of hydrogen-bond donors (Lipinski definition) is 0. The van der Waals surface area contributed by atoms with E-state index in [4.69, 9.17) is 14.0 Å². The number of fused-ring (bicyclic) bond motifs is 3. The fraction of sp³-hybridized carbons (Fsp3) is 0.600. The number of hydrogen-bond acceptors (Lipinski definition) is 7.